The van der Waals surface area contributed by atoms with E-state index in [9.17, 15) is 4.79 Å². The highest BCUT2D eigenvalue weighted by atomic mass is 16.5. The van der Waals surface area contributed by atoms with E-state index < -0.39 is 0 Å². The summed E-state index contributed by atoms with van der Waals surface area (Å²) in [5.74, 6) is 0.776. The number of carbonyl (C=O) groups excluding carboxylic acids is 1. The van der Waals surface area contributed by atoms with Crippen LogP contribution in [0.5, 0.6) is 0 Å². The normalized spacial score (nSPS) is 19.7. The van der Waals surface area contributed by atoms with Gasteiger partial charge in [0, 0.05) is 24.8 Å². The summed E-state index contributed by atoms with van der Waals surface area (Å²) in [6.45, 7) is 5.85. The maximum atomic E-state index is 11.8. The molecule has 5 nitrogen and oxygen atoms in total. The van der Waals surface area contributed by atoms with Gasteiger partial charge >= 0.3 is 5.97 Å². The molecule has 0 aromatic carbocycles. The molecule has 0 radical (unpaired) electrons. The van der Waals surface area contributed by atoms with E-state index in [0.717, 1.165) is 30.9 Å². The summed E-state index contributed by atoms with van der Waals surface area (Å²) in [7, 11) is 0. The zero-order chi connectivity index (χ0) is 13.0. The molecule has 0 aliphatic carbocycles. The fourth-order valence-corrected chi connectivity index (χ4v) is 2.25. The van der Waals surface area contributed by atoms with Gasteiger partial charge in [-0.05, 0) is 26.7 Å². The Hall–Kier alpha value is -1.65. The molecule has 98 valence electrons. The highest BCUT2D eigenvalue weighted by molar-refractivity contribution is 5.73. The Morgan fingerprint density at radius 2 is 2.39 bits per heavy atom. The van der Waals surface area contributed by atoms with Crippen molar-refractivity contribution in [3.63, 3.8) is 0 Å². The smallest absolute Gasteiger partial charge is 0.310 e. The Labute approximate surface area is 107 Å². The minimum absolute atomic E-state index is 0.0334. The predicted molar refractivity (Wildman–Crippen MR) is 68.3 cm³/mol. The first kappa shape index (κ1) is 12.8. The summed E-state index contributed by atoms with van der Waals surface area (Å²) in [5, 5.41) is 0. The molecule has 1 aromatic heterocycles. The Morgan fingerprint density at radius 3 is 3.11 bits per heavy atom. The fourth-order valence-electron chi connectivity index (χ4n) is 2.25. The fraction of sp³-hybridized carbons (Fsp3) is 0.615. The number of aromatic nitrogens is 2. The third-order valence-corrected chi connectivity index (χ3v) is 3.15. The lowest BCUT2D eigenvalue weighted by Gasteiger charge is -2.32. The lowest BCUT2D eigenvalue weighted by atomic mass is 9.98. The largest absolute Gasteiger partial charge is 0.466 e. The minimum Gasteiger partial charge on any atom is -0.466 e. The SMILES string of the molecule is CCOC(=O)C1CCCN(c2cc(C)ncn2)C1. The van der Waals surface area contributed by atoms with Crippen LogP contribution in [0, 0.1) is 12.8 Å². The molecule has 5 heteroatoms. The van der Waals surface area contributed by atoms with Gasteiger partial charge in [0.05, 0.1) is 12.5 Å². The van der Waals surface area contributed by atoms with E-state index in [0.29, 0.717) is 13.2 Å². The highest BCUT2D eigenvalue weighted by Gasteiger charge is 2.27. The van der Waals surface area contributed by atoms with Crippen LogP contribution in [-0.4, -0.2) is 35.6 Å². The van der Waals surface area contributed by atoms with Crippen LogP contribution in [0.15, 0.2) is 12.4 Å². The summed E-state index contributed by atoms with van der Waals surface area (Å²) in [6.07, 6.45) is 3.46. The van der Waals surface area contributed by atoms with Gasteiger partial charge in [0.15, 0.2) is 0 Å². The van der Waals surface area contributed by atoms with Crippen LogP contribution in [0.1, 0.15) is 25.5 Å². The Bertz CT molecular complexity index is 422. The van der Waals surface area contributed by atoms with Crippen LogP contribution >= 0.6 is 0 Å². The second-order valence-corrected chi connectivity index (χ2v) is 4.55. The quantitative estimate of drug-likeness (QED) is 0.761. The Kier molecular flexibility index (Phi) is 4.12. The van der Waals surface area contributed by atoms with Crippen LogP contribution in [0.25, 0.3) is 0 Å². The van der Waals surface area contributed by atoms with Gasteiger partial charge in [-0.25, -0.2) is 9.97 Å². The lowest BCUT2D eigenvalue weighted by molar-refractivity contribution is -0.148. The molecule has 0 saturated carbocycles. The predicted octanol–water partition coefficient (Wildman–Crippen LogP) is 1.56. The van der Waals surface area contributed by atoms with Gasteiger partial charge in [-0.15, -0.1) is 0 Å². The molecule has 0 spiro atoms. The summed E-state index contributed by atoms with van der Waals surface area (Å²) >= 11 is 0. The zero-order valence-electron chi connectivity index (χ0n) is 10.9. The van der Waals surface area contributed by atoms with E-state index in [-0.39, 0.29) is 11.9 Å². The van der Waals surface area contributed by atoms with Crippen molar-refractivity contribution in [1.29, 1.82) is 0 Å². The molecule has 1 atom stereocenters. The maximum Gasteiger partial charge on any atom is 0.310 e. The summed E-state index contributed by atoms with van der Waals surface area (Å²) < 4.78 is 5.09. The number of rotatable bonds is 3. The van der Waals surface area contributed by atoms with Crippen molar-refractivity contribution in [2.24, 2.45) is 5.92 Å². The molecular weight excluding hydrogens is 230 g/mol. The highest BCUT2D eigenvalue weighted by Crippen LogP contribution is 2.22. The first-order valence-corrected chi connectivity index (χ1v) is 6.41. The van der Waals surface area contributed by atoms with Crippen LogP contribution in [0.2, 0.25) is 0 Å². The Balaban J connectivity index is 2.04. The van der Waals surface area contributed by atoms with E-state index in [1.807, 2.05) is 19.9 Å². The average Bonchev–Trinajstić information content (AvgIpc) is 2.39. The molecule has 18 heavy (non-hydrogen) atoms. The molecular formula is C13H19N3O2. The molecule has 2 rings (SSSR count). The Morgan fingerprint density at radius 1 is 1.56 bits per heavy atom. The van der Waals surface area contributed by atoms with Gasteiger partial charge in [-0.3, -0.25) is 4.79 Å². The summed E-state index contributed by atoms with van der Waals surface area (Å²) in [6, 6.07) is 1.95. The maximum absolute atomic E-state index is 11.8. The lowest BCUT2D eigenvalue weighted by Crippen LogP contribution is -2.39. The van der Waals surface area contributed by atoms with Gasteiger partial charge in [0.2, 0.25) is 0 Å². The second kappa shape index (κ2) is 5.80. The van der Waals surface area contributed by atoms with E-state index in [1.165, 1.54) is 0 Å². The summed E-state index contributed by atoms with van der Waals surface area (Å²) in [4.78, 5) is 22.3. The van der Waals surface area contributed by atoms with Gasteiger partial charge in [-0.2, -0.15) is 0 Å². The number of piperidine rings is 1. The van der Waals surface area contributed by atoms with Crippen LogP contribution in [-0.2, 0) is 9.53 Å². The first-order valence-electron chi connectivity index (χ1n) is 6.41. The number of ether oxygens (including phenoxy) is 1. The molecule has 0 bridgehead atoms. The van der Waals surface area contributed by atoms with Crippen molar-refractivity contribution in [2.75, 3.05) is 24.6 Å². The van der Waals surface area contributed by atoms with Gasteiger partial charge in [0.1, 0.15) is 12.1 Å². The van der Waals surface area contributed by atoms with Crippen LogP contribution in [0.4, 0.5) is 5.82 Å². The monoisotopic (exact) mass is 249 g/mol. The average molecular weight is 249 g/mol. The van der Waals surface area contributed by atoms with E-state index in [2.05, 4.69) is 14.9 Å². The van der Waals surface area contributed by atoms with Crippen molar-refractivity contribution >= 4 is 11.8 Å². The van der Waals surface area contributed by atoms with Crippen LogP contribution < -0.4 is 4.90 Å². The number of esters is 1. The second-order valence-electron chi connectivity index (χ2n) is 4.55. The number of nitrogens with zero attached hydrogens (tertiary/aromatic N) is 3. The van der Waals surface area contributed by atoms with Gasteiger partial charge in [0.25, 0.3) is 0 Å². The standard InChI is InChI=1S/C13H19N3O2/c1-3-18-13(17)11-5-4-6-16(8-11)12-7-10(2)14-9-15-12/h7,9,11H,3-6,8H2,1-2H3. The van der Waals surface area contributed by atoms with Gasteiger partial charge < -0.3 is 9.64 Å². The van der Waals surface area contributed by atoms with E-state index in [4.69, 9.17) is 4.74 Å². The third-order valence-electron chi connectivity index (χ3n) is 3.15. The van der Waals surface area contributed by atoms with E-state index >= 15 is 0 Å². The molecule has 1 fully saturated rings. The molecule has 1 aromatic rings. The molecule has 2 heterocycles. The molecule has 0 amide bonds. The van der Waals surface area contributed by atoms with Crippen molar-refractivity contribution in [3.05, 3.63) is 18.1 Å². The molecule has 1 aliphatic heterocycles. The topological polar surface area (TPSA) is 55.3 Å². The number of hydrogen-bond acceptors (Lipinski definition) is 5. The molecule has 1 unspecified atom stereocenters. The minimum atomic E-state index is -0.0898. The molecule has 1 saturated heterocycles. The number of hydrogen-bond donors (Lipinski definition) is 0. The first-order chi connectivity index (χ1) is 8.70. The number of aryl methyl sites for hydroxylation is 1. The zero-order valence-corrected chi connectivity index (χ0v) is 10.9. The molecule has 1 aliphatic rings. The van der Waals surface area contributed by atoms with Crippen LogP contribution in [0.3, 0.4) is 0 Å². The molecule has 0 N–H and O–H groups in total. The van der Waals surface area contributed by atoms with Gasteiger partial charge in [-0.1, -0.05) is 0 Å². The number of anilines is 1. The van der Waals surface area contributed by atoms with E-state index in [1.54, 1.807) is 6.33 Å². The van der Waals surface area contributed by atoms with Crippen molar-refractivity contribution in [3.8, 4) is 0 Å². The summed E-state index contributed by atoms with van der Waals surface area (Å²) in [5.41, 5.74) is 0.943. The number of carbonyl (C=O) groups is 1. The van der Waals surface area contributed by atoms with Crippen molar-refractivity contribution < 1.29 is 9.53 Å². The van der Waals surface area contributed by atoms with Crippen molar-refractivity contribution in [1.82, 2.24) is 9.97 Å². The van der Waals surface area contributed by atoms with Crippen molar-refractivity contribution in [2.45, 2.75) is 26.7 Å². The third kappa shape index (κ3) is 2.97.